The number of rotatable bonds is 4. The van der Waals surface area contributed by atoms with Gasteiger partial charge in [-0.2, -0.15) is 0 Å². The smallest absolute Gasteiger partial charge is 0.310 e. The highest BCUT2D eigenvalue weighted by Crippen LogP contribution is 2.32. The van der Waals surface area contributed by atoms with Gasteiger partial charge in [0.05, 0.1) is 16.0 Å². The average molecular weight is 339 g/mol. The van der Waals surface area contributed by atoms with Crippen LogP contribution < -0.4 is 5.32 Å². The molecule has 0 amide bonds. The highest BCUT2D eigenvalue weighted by Gasteiger charge is 2.25. The highest BCUT2D eigenvalue weighted by molar-refractivity contribution is 7.13. The molecular weight excluding hydrogens is 330 g/mol. The van der Waals surface area contributed by atoms with Crippen LogP contribution in [0.1, 0.15) is 0 Å². The van der Waals surface area contributed by atoms with Gasteiger partial charge in [-0.1, -0.05) is 12.1 Å². The Morgan fingerprint density at radius 3 is 2.83 bits per heavy atom. The molecule has 0 unspecified atom stereocenters. The number of aromatic nitrogens is 5. The fourth-order valence-corrected chi connectivity index (χ4v) is 2.85. The molecule has 0 spiro atoms. The Labute approximate surface area is 138 Å². The van der Waals surface area contributed by atoms with E-state index in [1.54, 1.807) is 16.1 Å². The number of anilines is 2. The normalized spacial score (nSPS) is 10.8. The van der Waals surface area contributed by atoms with Crippen LogP contribution in [0.2, 0.25) is 0 Å². The first kappa shape index (κ1) is 14.2. The van der Waals surface area contributed by atoms with E-state index >= 15 is 0 Å². The lowest BCUT2D eigenvalue weighted by atomic mass is 10.3. The second-order valence-corrected chi connectivity index (χ2v) is 5.61. The number of hydrogen-bond acceptors (Lipinski definition) is 8. The second kappa shape index (κ2) is 5.66. The Kier molecular flexibility index (Phi) is 3.35. The van der Waals surface area contributed by atoms with Gasteiger partial charge in [0.15, 0.2) is 5.13 Å². The van der Waals surface area contributed by atoms with Crippen LogP contribution in [-0.2, 0) is 0 Å². The van der Waals surface area contributed by atoms with E-state index < -0.39 is 4.92 Å². The second-order valence-electron chi connectivity index (χ2n) is 4.72. The molecule has 0 bridgehead atoms. The Morgan fingerprint density at radius 2 is 2.04 bits per heavy atom. The zero-order valence-corrected chi connectivity index (χ0v) is 12.8. The molecule has 9 nitrogen and oxygen atoms in total. The molecule has 4 aromatic rings. The van der Waals surface area contributed by atoms with Gasteiger partial charge in [0, 0.05) is 11.6 Å². The fraction of sp³-hybridized carbons (Fsp3) is 0. The summed E-state index contributed by atoms with van der Waals surface area (Å²) in [7, 11) is 0. The third-order valence-corrected chi connectivity index (χ3v) is 4.01. The zero-order chi connectivity index (χ0) is 16.5. The van der Waals surface area contributed by atoms with E-state index in [1.807, 2.05) is 24.3 Å². The van der Waals surface area contributed by atoms with Gasteiger partial charge < -0.3 is 5.32 Å². The van der Waals surface area contributed by atoms with Gasteiger partial charge in [0.2, 0.25) is 11.6 Å². The minimum Gasteiger partial charge on any atom is -0.310 e. The lowest BCUT2D eigenvalue weighted by Gasteiger charge is -2.07. The maximum absolute atomic E-state index is 11.6. The summed E-state index contributed by atoms with van der Waals surface area (Å²) >= 11 is 1.32. The predicted octanol–water partition coefficient (Wildman–Crippen LogP) is 2.92. The number of nitro groups is 1. The fourth-order valence-electron chi connectivity index (χ4n) is 2.32. The molecule has 4 rings (SSSR count). The first-order valence-electron chi connectivity index (χ1n) is 6.82. The largest absolute Gasteiger partial charge is 0.354 e. The van der Waals surface area contributed by atoms with Crippen molar-refractivity contribution >= 4 is 39.0 Å². The Bertz CT molecular complexity index is 1030. The molecule has 0 radical (unpaired) electrons. The number of nitrogens with zero attached hydrogens (tertiary/aromatic N) is 6. The average Bonchev–Trinajstić information content (AvgIpc) is 3.23. The van der Waals surface area contributed by atoms with E-state index in [9.17, 15) is 10.1 Å². The van der Waals surface area contributed by atoms with Crippen molar-refractivity contribution in [1.82, 2.24) is 24.5 Å². The summed E-state index contributed by atoms with van der Waals surface area (Å²) in [6.45, 7) is 0. The van der Waals surface area contributed by atoms with E-state index in [4.69, 9.17) is 0 Å². The topological polar surface area (TPSA) is 112 Å². The van der Waals surface area contributed by atoms with Gasteiger partial charge in [0.25, 0.3) is 0 Å². The summed E-state index contributed by atoms with van der Waals surface area (Å²) in [6, 6.07) is 7.33. The van der Waals surface area contributed by atoms with Crippen molar-refractivity contribution in [2.75, 3.05) is 5.32 Å². The first-order valence-corrected chi connectivity index (χ1v) is 7.70. The minimum absolute atomic E-state index is 0.0812. The lowest BCUT2D eigenvalue weighted by Crippen LogP contribution is -2.07. The summed E-state index contributed by atoms with van der Waals surface area (Å²) < 4.78 is 1.57. The quantitative estimate of drug-likeness (QED) is 0.449. The van der Waals surface area contributed by atoms with Crippen molar-refractivity contribution in [2.24, 2.45) is 0 Å². The zero-order valence-electron chi connectivity index (χ0n) is 12.0. The monoisotopic (exact) mass is 339 g/mol. The van der Waals surface area contributed by atoms with Crippen molar-refractivity contribution in [3.05, 3.63) is 58.6 Å². The molecule has 0 fully saturated rings. The maximum Gasteiger partial charge on any atom is 0.354 e. The van der Waals surface area contributed by atoms with Crippen molar-refractivity contribution in [3.8, 4) is 5.82 Å². The van der Waals surface area contributed by atoms with Crippen LogP contribution in [0.3, 0.4) is 0 Å². The minimum atomic E-state index is -0.514. The van der Waals surface area contributed by atoms with Crippen molar-refractivity contribution in [3.63, 3.8) is 0 Å². The van der Waals surface area contributed by atoms with Gasteiger partial charge in [-0.15, -0.1) is 11.3 Å². The van der Waals surface area contributed by atoms with Crippen LogP contribution in [0.4, 0.5) is 16.6 Å². The van der Waals surface area contributed by atoms with Crippen LogP contribution in [0.15, 0.2) is 48.5 Å². The highest BCUT2D eigenvalue weighted by atomic mass is 32.1. The number of thiazole rings is 1. The molecule has 10 heteroatoms. The summed E-state index contributed by atoms with van der Waals surface area (Å²) in [5.41, 5.74) is 1.20. The standard InChI is InChI=1S/C14H9N7O2S/c22-21(23)11-12(19-14-15-5-6-24-14)16-7-17-13(11)20-8-18-9-3-1-2-4-10(9)20/h1-8H,(H,15,16,17,19). The van der Waals surface area contributed by atoms with Crippen LogP contribution in [-0.4, -0.2) is 29.4 Å². The molecule has 1 N–H and O–H groups in total. The van der Waals surface area contributed by atoms with Crippen LogP contribution in [0.5, 0.6) is 0 Å². The number of para-hydroxylation sites is 2. The van der Waals surface area contributed by atoms with E-state index in [2.05, 4.69) is 25.3 Å². The molecule has 3 heterocycles. The molecule has 0 atom stereocenters. The van der Waals surface area contributed by atoms with Crippen molar-refractivity contribution in [2.45, 2.75) is 0 Å². The van der Waals surface area contributed by atoms with Crippen LogP contribution in [0.25, 0.3) is 16.9 Å². The van der Waals surface area contributed by atoms with E-state index in [0.29, 0.717) is 5.13 Å². The maximum atomic E-state index is 11.6. The van der Waals surface area contributed by atoms with E-state index in [-0.39, 0.29) is 17.3 Å². The lowest BCUT2D eigenvalue weighted by molar-refractivity contribution is -0.384. The third kappa shape index (κ3) is 2.34. The van der Waals surface area contributed by atoms with Gasteiger partial charge in [-0.05, 0) is 12.1 Å². The molecule has 0 saturated heterocycles. The van der Waals surface area contributed by atoms with Gasteiger partial charge in [0.1, 0.15) is 12.7 Å². The Hall–Kier alpha value is -3.40. The molecule has 0 aliphatic carbocycles. The molecule has 0 saturated carbocycles. The SMILES string of the molecule is O=[N+]([O-])c1c(Nc2nccs2)ncnc1-n1cnc2ccccc21. The summed E-state index contributed by atoms with van der Waals surface area (Å²) in [5, 5.41) is 16.8. The summed E-state index contributed by atoms with van der Waals surface area (Å²) in [4.78, 5) is 27.5. The number of imidazole rings is 1. The van der Waals surface area contributed by atoms with Gasteiger partial charge in [-0.25, -0.2) is 19.9 Å². The molecular formula is C14H9N7O2S. The molecule has 24 heavy (non-hydrogen) atoms. The number of benzene rings is 1. The van der Waals surface area contributed by atoms with Crippen molar-refractivity contribution < 1.29 is 4.92 Å². The number of hydrogen-bond donors (Lipinski definition) is 1. The predicted molar refractivity (Wildman–Crippen MR) is 88.7 cm³/mol. The van der Waals surface area contributed by atoms with E-state index in [1.165, 1.54) is 24.0 Å². The summed E-state index contributed by atoms with van der Waals surface area (Å²) in [5.74, 6) is 0.223. The third-order valence-electron chi connectivity index (χ3n) is 3.32. The summed E-state index contributed by atoms with van der Waals surface area (Å²) in [6.07, 6.45) is 4.38. The van der Waals surface area contributed by atoms with Gasteiger partial charge >= 0.3 is 5.69 Å². The molecule has 3 aromatic heterocycles. The Morgan fingerprint density at radius 1 is 1.17 bits per heavy atom. The van der Waals surface area contributed by atoms with E-state index in [0.717, 1.165) is 11.0 Å². The number of nitrogens with one attached hydrogen (secondary N) is 1. The molecule has 118 valence electrons. The van der Waals surface area contributed by atoms with Crippen LogP contribution in [0, 0.1) is 10.1 Å². The van der Waals surface area contributed by atoms with Gasteiger partial charge in [-0.3, -0.25) is 14.7 Å². The van der Waals surface area contributed by atoms with Crippen LogP contribution >= 0.6 is 11.3 Å². The van der Waals surface area contributed by atoms with Crippen molar-refractivity contribution in [1.29, 1.82) is 0 Å². The molecule has 1 aromatic carbocycles. The number of fused-ring (bicyclic) bond motifs is 1. The Balaban J connectivity index is 1.91. The molecule has 0 aliphatic rings. The first-order chi connectivity index (χ1) is 11.7. The molecule has 0 aliphatic heterocycles.